The van der Waals surface area contributed by atoms with E-state index in [0.717, 1.165) is 38.7 Å². The average Bonchev–Trinajstić information content (AvgIpc) is 3.07. The van der Waals surface area contributed by atoms with Crippen LogP contribution in [-0.4, -0.2) is 88.2 Å². The molecule has 1 aromatic rings. The summed E-state index contributed by atoms with van der Waals surface area (Å²) in [6, 6.07) is 10.9. The fraction of sp³-hybridized carbons (Fsp3) is 0.632. The molecule has 0 amide bonds. The molecule has 2 fully saturated rings. The predicted molar refractivity (Wildman–Crippen MR) is 123 cm³/mol. The highest BCUT2D eigenvalue weighted by molar-refractivity contribution is 14.0. The number of nitrogens with zero attached hydrogens (tertiary/aromatic N) is 3. The quantitative estimate of drug-likeness (QED) is 0.262. The zero-order valence-corrected chi connectivity index (χ0v) is 19.7. The van der Waals surface area contributed by atoms with Gasteiger partial charge in [-0.1, -0.05) is 30.3 Å². The largest absolute Gasteiger partial charge is 0.373 e. The number of hydrogen-bond donors (Lipinski definition) is 1. The number of rotatable bonds is 6. The fourth-order valence-electron chi connectivity index (χ4n) is 3.81. The van der Waals surface area contributed by atoms with Crippen molar-refractivity contribution in [3.05, 3.63) is 35.9 Å². The summed E-state index contributed by atoms with van der Waals surface area (Å²) in [6.07, 6.45) is 2.03. The minimum absolute atomic E-state index is 0. The average molecular weight is 522 g/mol. The zero-order chi connectivity index (χ0) is 19.3. The van der Waals surface area contributed by atoms with E-state index in [1.165, 1.54) is 11.8 Å². The SMILES string of the molecule is CN=C(NCCCS(C)(=O)=O)N1CC2OCCN(Cc3ccccc3)C2C1.I. The molecule has 2 unspecified atom stereocenters. The molecule has 0 spiro atoms. The Morgan fingerprint density at radius 3 is 2.71 bits per heavy atom. The summed E-state index contributed by atoms with van der Waals surface area (Å²) in [5.74, 6) is 1.01. The first-order valence-electron chi connectivity index (χ1n) is 9.49. The van der Waals surface area contributed by atoms with Crippen LogP contribution >= 0.6 is 24.0 Å². The molecule has 2 saturated heterocycles. The normalized spacial score (nSPS) is 23.2. The van der Waals surface area contributed by atoms with Crippen molar-refractivity contribution in [1.82, 2.24) is 15.1 Å². The number of likely N-dealkylation sites (tertiary alicyclic amines) is 1. The molecule has 28 heavy (non-hydrogen) atoms. The highest BCUT2D eigenvalue weighted by atomic mass is 127. The van der Waals surface area contributed by atoms with Crippen LogP contribution in [0.2, 0.25) is 0 Å². The molecular formula is C19H31IN4O3S. The number of hydrogen-bond acceptors (Lipinski definition) is 5. The predicted octanol–water partition coefficient (Wildman–Crippen LogP) is 1.20. The Morgan fingerprint density at radius 1 is 1.29 bits per heavy atom. The first-order valence-corrected chi connectivity index (χ1v) is 11.6. The second-order valence-electron chi connectivity index (χ2n) is 7.30. The van der Waals surface area contributed by atoms with Gasteiger partial charge in [-0.2, -0.15) is 0 Å². The maximum atomic E-state index is 11.3. The Bertz CT molecular complexity index is 745. The lowest BCUT2D eigenvalue weighted by Gasteiger charge is -2.36. The van der Waals surface area contributed by atoms with Gasteiger partial charge in [-0.15, -0.1) is 24.0 Å². The van der Waals surface area contributed by atoms with Crippen molar-refractivity contribution in [3.63, 3.8) is 0 Å². The van der Waals surface area contributed by atoms with Crippen LogP contribution in [0.15, 0.2) is 35.3 Å². The number of halogens is 1. The van der Waals surface area contributed by atoms with Crippen LogP contribution in [0.4, 0.5) is 0 Å². The number of aliphatic imine (C=N–C) groups is 1. The van der Waals surface area contributed by atoms with E-state index in [4.69, 9.17) is 4.74 Å². The van der Waals surface area contributed by atoms with Crippen LogP contribution < -0.4 is 5.32 Å². The summed E-state index contributed by atoms with van der Waals surface area (Å²) in [5.41, 5.74) is 1.32. The van der Waals surface area contributed by atoms with E-state index in [1.54, 1.807) is 7.05 Å². The fourth-order valence-corrected chi connectivity index (χ4v) is 4.48. The molecule has 0 saturated carbocycles. The first kappa shape index (κ1) is 23.4. The van der Waals surface area contributed by atoms with Gasteiger partial charge in [0.25, 0.3) is 0 Å². The van der Waals surface area contributed by atoms with Crippen LogP contribution in [0, 0.1) is 0 Å². The molecule has 1 N–H and O–H groups in total. The van der Waals surface area contributed by atoms with Crippen molar-refractivity contribution in [2.24, 2.45) is 4.99 Å². The van der Waals surface area contributed by atoms with Gasteiger partial charge in [-0.05, 0) is 12.0 Å². The first-order chi connectivity index (χ1) is 13.0. The molecule has 158 valence electrons. The highest BCUT2D eigenvalue weighted by Crippen LogP contribution is 2.24. The van der Waals surface area contributed by atoms with Crippen LogP contribution in [0.1, 0.15) is 12.0 Å². The minimum atomic E-state index is -2.92. The number of nitrogens with one attached hydrogen (secondary N) is 1. The number of fused-ring (bicyclic) bond motifs is 1. The Kier molecular flexibility index (Phi) is 8.97. The van der Waals surface area contributed by atoms with E-state index < -0.39 is 9.84 Å². The molecule has 0 bridgehead atoms. The molecule has 7 nitrogen and oxygen atoms in total. The van der Waals surface area contributed by atoms with Gasteiger partial charge in [0.15, 0.2) is 5.96 Å². The summed E-state index contributed by atoms with van der Waals surface area (Å²) < 4.78 is 28.6. The summed E-state index contributed by atoms with van der Waals surface area (Å²) >= 11 is 0. The van der Waals surface area contributed by atoms with Crippen molar-refractivity contribution >= 4 is 39.8 Å². The molecule has 0 aromatic heterocycles. The van der Waals surface area contributed by atoms with Crippen molar-refractivity contribution in [3.8, 4) is 0 Å². The van der Waals surface area contributed by atoms with Crippen LogP contribution in [-0.2, 0) is 21.1 Å². The van der Waals surface area contributed by atoms with Gasteiger partial charge in [0, 0.05) is 46.0 Å². The molecule has 9 heteroatoms. The summed E-state index contributed by atoms with van der Waals surface area (Å²) in [7, 11) is -1.15. The summed E-state index contributed by atoms with van der Waals surface area (Å²) in [5, 5.41) is 3.30. The van der Waals surface area contributed by atoms with Crippen LogP contribution in [0.5, 0.6) is 0 Å². The van der Waals surface area contributed by atoms with Crippen LogP contribution in [0.25, 0.3) is 0 Å². The van der Waals surface area contributed by atoms with E-state index in [2.05, 4.69) is 44.4 Å². The molecule has 0 aliphatic carbocycles. The number of morpholine rings is 1. The number of guanidine groups is 1. The third-order valence-electron chi connectivity index (χ3n) is 5.13. The Hall–Kier alpha value is -0.910. The molecule has 1 aromatic carbocycles. The van der Waals surface area contributed by atoms with Crippen LogP contribution in [0.3, 0.4) is 0 Å². The molecule has 2 atom stereocenters. The second-order valence-corrected chi connectivity index (χ2v) is 9.55. The monoisotopic (exact) mass is 522 g/mol. The third kappa shape index (κ3) is 6.57. The van der Waals surface area contributed by atoms with Gasteiger partial charge in [-0.25, -0.2) is 8.42 Å². The molecule has 2 aliphatic heterocycles. The number of ether oxygens (including phenoxy) is 1. The van der Waals surface area contributed by atoms with E-state index in [1.807, 2.05) is 6.07 Å². The Morgan fingerprint density at radius 2 is 2.04 bits per heavy atom. The van der Waals surface area contributed by atoms with E-state index in [-0.39, 0.29) is 35.8 Å². The minimum Gasteiger partial charge on any atom is -0.373 e. The van der Waals surface area contributed by atoms with Gasteiger partial charge in [-0.3, -0.25) is 9.89 Å². The standard InChI is InChI=1S/C19H30N4O3S.HI/c1-20-19(21-9-6-12-27(2,24)25)23-14-17-18(15-23)26-11-10-22(17)13-16-7-4-3-5-8-16;/h3-5,7-8,17-18H,6,9-15H2,1-2H3,(H,20,21);1H. The van der Waals surface area contributed by atoms with E-state index in [0.29, 0.717) is 19.0 Å². The molecular weight excluding hydrogens is 491 g/mol. The number of sulfone groups is 1. The second kappa shape index (κ2) is 10.7. The number of benzene rings is 1. The van der Waals surface area contributed by atoms with E-state index >= 15 is 0 Å². The van der Waals surface area contributed by atoms with Gasteiger partial charge in [0.2, 0.25) is 0 Å². The molecule has 0 radical (unpaired) electrons. The van der Waals surface area contributed by atoms with Gasteiger partial charge in [0.1, 0.15) is 9.84 Å². The zero-order valence-electron chi connectivity index (χ0n) is 16.6. The maximum Gasteiger partial charge on any atom is 0.193 e. The van der Waals surface area contributed by atoms with Crippen molar-refractivity contribution < 1.29 is 13.2 Å². The third-order valence-corrected chi connectivity index (χ3v) is 6.16. The van der Waals surface area contributed by atoms with Crippen molar-refractivity contribution in [2.75, 3.05) is 51.8 Å². The topological polar surface area (TPSA) is 74.2 Å². The molecule has 2 heterocycles. The van der Waals surface area contributed by atoms with E-state index in [9.17, 15) is 8.42 Å². The smallest absolute Gasteiger partial charge is 0.193 e. The highest BCUT2D eigenvalue weighted by Gasteiger charge is 2.41. The lowest BCUT2D eigenvalue weighted by molar-refractivity contribution is -0.0502. The van der Waals surface area contributed by atoms with Crippen molar-refractivity contribution in [2.45, 2.75) is 25.1 Å². The summed E-state index contributed by atoms with van der Waals surface area (Å²) in [6.45, 7) is 4.89. The van der Waals surface area contributed by atoms with Gasteiger partial charge in [0.05, 0.1) is 24.5 Å². The lowest BCUT2D eigenvalue weighted by atomic mass is 10.1. The lowest BCUT2D eigenvalue weighted by Crippen LogP contribution is -2.50. The molecule has 2 aliphatic rings. The summed E-state index contributed by atoms with van der Waals surface area (Å²) in [4.78, 5) is 9.10. The van der Waals surface area contributed by atoms with Gasteiger partial charge >= 0.3 is 0 Å². The maximum absolute atomic E-state index is 11.3. The van der Waals surface area contributed by atoms with Crippen molar-refractivity contribution in [1.29, 1.82) is 0 Å². The van der Waals surface area contributed by atoms with Gasteiger partial charge < -0.3 is 15.0 Å². The molecule has 3 rings (SSSR count). The Balaban J connectivity index is 0.00000280. The Labute approximate surface area is 185 Å².